The first-order valence-corrected chi connectivity index (χ1v) is 18.4. The van der Waals surface area contributed by atoms with Crippen molar-refractivity contribution in [3.05, 3.63) is 63.8 Å². The van der Waals surface area contributed by atoms with Crippen LogP contribution in [0.4, 0.5) is 0 Å². The summed E-state index contributed by atoms with van der Waals surface area (Å²) in [5, 5.41) is 6.79. The third kappa shape index (κ3) is 7.21. The molecule has 4 aromatic rings. The molecule has 6 nitrogen and oxygen atoms in total. The average Bonchev–Trinajstić information content (AvgIpc) is 3.71. The van der Waals surface area contributed by atoms with E-state index >= 15 is 0 Å². The number of halogens is 1. The summed E-state index contributed by atoms with van der Waals surface area (Å²) in [6.07, 6.45) is 0. The second kappa shape index (κ2) is 12.6. The van der Waals surface area contributed by atoms with Gasteiger partial charge < -0.3 is 27.9 Å². The Labute approximate surface area is 292 Å². The van der Waals surface area contributed by atoms with E-state index in [9.17, 15) is 0 Å². The fourth-order valence-electron chi connectivity index (χ4n) is 5.05. The Balaban J connectivity index is 0.000000142. The zero-order valence-corrected chi connectivity index (χ0v) is 32.4. The zero-order valence-electron chi connectivity index (χ0n) is 29.1. The first kappa shape index (κ1) is 36.1. The second-order valence-corrected chi connectivity index (χ2v) is 18.0. The maximum absolute atomic E-state index is 6.06. The molecule has 0 N–H and O–H groups in total. The molecule has 3 aliphatic heterocycles. The van der Waals surface area contributed by atoms with Gasteiger partial charge >= 0.3 is 21.1 Å². The highest BCUT2D eigenvalue weighted by Gasteiger charge is 2.63. The van der Waals surface area contributed by atoms with E-state index < -0.39 is 14.0 Å². The van der Waals surface area contributed by atoms with Gasteiger partial charge in [-0.25, -0.2) is 0 Å². The van der Waals surface area contributed by atoms with Crippen LogP contribution in [0.2, 0.25) is 0 Å². The van der Waals surface area contributed by atoms with Gasteiger partial charge in [-0.05, 0) is 146 Å². The summed E-state index contributed by atoms with van der Waals surface area (Å²) in [7, 11) is -1.22. The lowest BCUT2D eigenvalue weighted by Gasteiger charge is -2.32. The summed E-state index contributed by atoms with van der Waals surface area (Å²) in [4.78, 5) is 0. The molecule has 5 heterocycles. The van der Waals surface area contributed by atoms with E-state index in [-0.39, 0.29) is 40.7 Å². The van der Waals surface area contributed by atoms with Crippen molar-refractivity contribution in [2.45, 2.75) is 117 Å². The van der Waals surface area contributed by atoms with Gasteiger partial charge in [0.2, 0.25) is 0 Å². The smallest absolute Gasteiger partial charge is 0.405 e. The van der Waals surface area contributed by atoms with Crippen LogP contribution in [0.15, 0.2) is 63.8 Å². The monoisotopic (exact) mass is 726 g/mol. The van der Waals surface area contributed by atoms with Crippen LogP contribution in [0.3, 0.4) is 0 Å². The largest absolute Gasteiger partial charge is 0.494 e. The molecule has 0 spiro atoms. The maximum Gasteiger partial charge on any atom is 0.494 e. The number of rotatable bonds is 2. The molecule has 3 fully saturated rings. The van der Waals surface area contributed by atoms with Gasteiger partial charge in [0, 0.05) is 13.9 Å². The molecule has 0 saturated carbocycles. The van der Waals surface area contributed by atoms with Crippen molar-refractivity contribution in [2.24, 2.45) is 0 Å². The third-order valence-electron chi connectivity index (χ3n) is 10.2. The van der Waals surface area contributed by atoms with Crippen molar-refractivity contribution in [1.29, 1.82) is 0 Å². The van der Waals surface area contributed by atoms with Gasteiger partial charge in [0.1, 0.15) is 0 Å². The second-order valence-electron chi connectivity index (χ2n) is 15.2. The van der Waals surface area contributed by atoms with Crippen molar-refractivity contribution >= 4 is 85.4 Å². The maximum atomic E-state index is 6.06. The van der Waals surface area contributed by atoms with Gasteiger partial charge in [0.25, 0.3) is 0 Å². The molecular formula is C34H46B3BrO6S2. The van der Waals surface area contributed by atoms with Crippen LogP contribution in [0.1, 0.15) is 83.1 Å². The molecule has 7 rings (SSSR count). The summed E-state index contributed by atoms with van der Waals surface area (Å²) < 4.78 is 39.8. The molecule has 12 heteroatoms. The summed E-state index contributed by atoms with van der Waals surface area (Å²) in [6, 6.07) is 17.0. The molecule has 246 valence electrons. The van der Waals surface area contributed by atoms with Crippen LogP contribution >= 0.6 is 38.6 Å². The van der Waals surface area contributed by atoms with Crippen molar-refractivity contribution in [1.82, 2.24) is 0 Å². The van der Waals surface area contributed by atoms with Gasteiger partial charge in [-0.2, -0.15) is 0 Å². The Bertz CT molecular complexity index is 1600. The Morgan fingerprint density at radius 2 is 0.848 bits per heavy atom. The molecule has 2 aromatic carbocycles. The molecule has 0 aliphatic carbocycles. The predicted octanol–water partition coefficient (Wildman–Crippen LogP) is 9.11. The molecule has 0 amide bonds. The molecule has 0 unspecified atom stereocenters. The lowest BCUT2D eigenvalue weighted by molar-refractivity contribution is 0.00578. The molecule has 2 aromatic heterocycles. The van der Waals surface area contributed by atoms with Gasteiger partial charge in [0.05, 0.1) is 33.6 Å². The number of fused-ring (bicyclic) bond motifs is 2. The Morgan fingerprint density at radius 3 is 1.28 bits per heavy atom. The molecular weight excluding hydrogens is 681 g/mol. The SMILES string of the molecule is Brc1ccc2sccc2c1.CC1(C)OB(B2OC(C)(C)C(C)(C)O2)OC1(C)C.CC1(C)OB(c2ccc3sccc3c2)OC1(C)C. The lowest BCUT2D eigenvalue weighted by Crippen LogP contribution is -2.41. The molecule has 3 aliphatic rings. The van der Waals surface area contributed by atoms with Crippen molar-refractivity contribution in [2.75, 3.05) is 0 Å². The first-order chi connectivity index (χ1) is 21.1. The van der Waals surface area contributed by atoms with Gasteiger partial charge in [-0.15, -0.1) is 22.7 Å². The number of hydrogen-bond acceptors (Lipinski definition) is 8. The van der Waals surface area contributed by atoms with E-state index in [0.29, 0.717) is 0 Å². The van der Waals surface area contributed by atoms with Crippen molar-refractivity contribution in [3.63, 3.8) is 0 Å². The van der Waals surface area contributed by atoms with E-state index in [1.807, 2.05) is 55.4 Å². The average molecular weight is 727 g/mol. The zero-order chi connectivity index (χ0) is 33.9. The van der Waals surface area contributed by atoms with Crippen molar-refractivity contribution in [3.8, 4) is 0 Å². The van der Waals surface area contributed by atoms with Crippen LogP contribution in [-0.2, 0) is 27.9 Å². The highest BCUT2D eigenvalue weighted by atomic mass is 79.9. The molecule has 0 bridgehead atoms. The standard InChI is InChI=1S/C14H17BO2S.C12H24B2O4.C8H5BrS/c1-13(2)14(3,4)17-15(16-13)11-5-6-12-10(9-11)7-8-18-12;1-9(2)10(3,4)16-13(15-9)14-17-11(5,6)12(7,8)18-14;9-7-1-2-8-6(5-7)3-4-10-8/h5-9H,1-4H3;1-8H3;1-5H. The molecule has 0 radical (unpaired) electrons. The van der Waals surface area contributed by atoms with Crippen LogP contribution in [0.5, 0.6) is 0 Å². The fourth-order valence-corrected chi connectivity index (χ4v) is 6.97. The third-order valence-corrected chi connectivity index (χ3v) is 12.5. The number of hydrogen-bond donors (Lipinski definition) is 0. The van der Waals surface area contributed by atoms with Gasteiger partial charge in [-0.1, -0.05) is 28.1 Å². The Kier molecular flexibility index (Phi) is 9.88. The van der Waals surface area contributed by atoms with E-state index in [1.165, 1.54) is 20.2 Å². The highest BCUT2D eigenvalue weighted by Crippen LogP contribution is 2.43. The lowest BCUT2D eigenvalue weighted by atomic mass is 9.49. The van der Waals surface area contributed by atoms with E-state index in [4.69, 9.17) is 27.9 Å². The summed E-state index contributed by atoms with van der Waals surface area (Å²) in [5.41, 5.74) is -0.896. The van der Waals surface area contributed by atoms with Crippen molar-refractivity contribution < 1.29 is 27.9 Å². The van der Waals surface area contributed by atoms with E-state index in [1.54, 1.807) is 22.7 Å². The number of thiophene rings is 2. The quantitative estimate of drug-likeness (QED) is 0.192. The Hall–Kier alpha value is -1.21. The minimum Gasteiger partial charge on any atom is -0.405 e. The minimum absolute atomic E-state index is 0.265. The molecule has 3 saturated heterocycles. The summed E-state index contributed by atoms with van der Waals surface area (Å²) in [6.45, 7) is 24.5. The topological polar surface area (TPSA) is 55.4 Å². The highest BCUT2D eigenvalue weighted by molar-refractivity contribution is 9.10. The normalized spacial score (nSPS) is 23.3. The van der Waals surface area contributed by atoms with Crippen LogP contribution in [0.25, 0.3) is 20.2 Å². The predicted molar refractivity (Wildman–Crippen MR) is 199 cm³/mol. The van der Waals surface area contributed by atoms with Crippen LogP contribution in [-0.4, -0.2) is 54.7 Å². The summed E-state index contributed by atoms with van der Waals surface area (Å²) in [5.74, 6) is 0. The minimum atomic E-state index is -0.476. The van der Waals surface area contributed by atoms with Crippen LogP contribution in [0, 0.1) is 0 Å². The van der Waals surface area contributed by atoms with Gasteiger partial charge in [-0.3, -0.25) is 0 Å². The fraction of sp³-hybridized carbons (Fsp3) is 0.529. The summed E-state index contributed by atoms with van der Waals surface area (Å²) >= 11 is 6.95. The first-order valence-electron chi connectivity index (χ1n) is 15.8. The Morgan fingerprint density at radius 1 is 0.478 bits per heavy atom. The van der Waals surface area contributed by atoms with Gasteiger partial charge in [0.15, 0.2) is 0 Å². The van der Waals surface area contributed by atoms with Crippen LogP contribution < -0.4 is 5.46 Å². The molecule has 0 atom stereocenters. The van der Waals surface area contributed by atoms with E-state index in [2.05, 4.69) is 103 Å². The van der Waals surface area contributed by atoms with E-state index in [0.717, 1.165) is 9.94 Å². The number of benzene rings is 2. The molecule has 46 heavy (non-hydrogen) atoms.